The fourth-order valence-corrected chi connectivity index (χ4v) is 1.46. The molecule has 1 aromatic rings. The lowest BCUT2D eigenvalue weighted by Crippen LogP contribution is -2.09. The Labute approximate surface area is 105 Å². The van der Waals surface area contributed by atoms with Crippen LogP contribution in [0.15, 0.2) is 24.3 Å². The molecule has 17 heavy (non-hydrogen) atoms. The van der Waals surface area contributed by atoms with Crippen LogP contribution in [0, 0.1) is 5.92 Å². The summed E-state index contributed by atoms with van der Waals surface area (Å²) in [5.41, 5.74) is 2.36. The molecule has 1 aromatic carbocycles. The van der Waals surface area contributed by atoms with Gasteiger partial charge in [-0.3, -0.25) is 4.79 Å². The number of carbonyl (C=O) groups is 1. The van der Waals surface area contributed by atoms with Gasteiger partial charge in [0.2, 0.25) is 0 Å². The van der Waals surface area contributed by atoms with Crippen LogP contribution in [-0.4, -0.2) is 12.3 Å². The number of anilines is 1. The summed E-state index contributed by atoms with van der Waals surface area (Å²) >= 11 is 0. The SMILES string of the molecule is CC.CC(=O)CNc1ccc(CC(C)C)cc1. The first-order valence-corrected chi connectivity index (χ1v) is 6.40. The van der Waals surface area contributed by atoms with E-state index >= 15 is 0 Å². The summed E-state index contributed by atoms with van der Waals surface area (Å²) in [6.07, 6.45) is 1.10. The van der Waals surface area contributed by atoms with Gasteiger partial charge in [-0.1, -0.05) is 39.8 Å². The number of Topliss-reactive ketones (excluding diaryl/α,β-unsaturated/α-hetero) is 1. The molecule has 0 fully saturated rings. The molecule has 0 spiro atoms. The summed E-state index contributed by atoms with van der Waals surface area (Å²) in [6, 6.07) is 8.28. The molecule has 1 rings (SSSR count). The van der Waals surface area contributed by atoms with Crippen molar-refractivity contribution in [3.05, 3.63) is 29.8 Å². The summed E-state index contributed by atoms with van der Waals surface area (Å²) < 4.78 is 0. The van der Waals surface area contributed by atoms with Crippen LogP contribution in [-0.2, 0) is 11.2 Å². The molecular formula is C15H25NO. The van der Waals surface area contributed by atoms with E-state index in [1.807, 2.05) is 26.0 Å². The van der Waals surface area contributed by atoms with E-state index in [-0.39, 0.29) is 5.78 Å². The normalized spacial score (nSPS) is 9.53. The van der Waals surface area contributed by atoms with E-state index < -0.39 is 0 Å². The molecule has 0 atom stereocenters. The van der Waals surface area contributed by atoms with Gasteiger partial charge in [-0.05, 0) is 37.0 Å². The van der Waals surface area contributed by atoms with Crippen molar-refractivity contribution in [2.24, 2.45) is 5.92 Å². The quantitative estimate of drug-likeness (QED) is 0.838. The standard InChI is InChI=1S/C13H19NO.C2H6/c1-10(2)8-12-4-6-13(7-5-12)14-9-11(3)15;1-2/h4-7,10,14H,8-9H2,1-3H3;1-2H3. The van der Waals surface area contributed by atoms with Gasteiger partial charge in [-0.25, -0.2) is 0 Å². The highest BCUT2D eigenvalue weighted by atomic mass is 16.1. The highest BCUT2D eigenvalue weighted by molar-refractivity contribution is 5.80. The molecule has 0 unspecified atom stereocenters. The van der Waals surface area contributed by atoms with Gasteiger partial charge >= 0.3 is 0 Å². The van der Waals surface area contributed by atoms with Crippen molar-refractivity contribution in [1.29, 1.82) is 0 Å². The molecule has 0 saturated carbocycles. The van der Waals surface area contributed by atoms with E-state index in [0.29, 0.717) is 12.5 Å². The van der Waals surface area contributed by atoms with E-state index in [4.69, 9.17) is 0 Å². The molecule has 0 heterocycles. The van der Waals surface area contributed by atoms with Crippen LogP contribution in [0.4, 0.5) is 5.69 Å². The molecular weight excluding hydrogens is 210 g/mol. The van der Waals surface area contributed by atoms with Gasteiger partial charge in [-0.15, -0.1) is 0 Å². The van der Waals surface area contributed by atoms with E-state index in [9.17, 15) is 4.79 Å². The summed E-state index contributed by atoms with van der Waals surface area (Å²) in [7, 11) is 0. The van der Waals surface area contributed by atoms with E-state index in [0.717, 1.165) is 12.1 Å². The molecule has 0 bridgehead atoms. The summed E-state index contributed by atoms with van der Waals surface area (Å²) in [5.74, 6) is 0.835. The predicted molar refractivity (Wildman–Crippen MR) is 75.5 cm³/mol. The summed E-state index contributed by atoms with van der Waals surface area (Å²) in [5, 5.41) is 3.08. The van der Waals surface area contributed by atoms with Crippen molar-refractivity contribution in [1.82, 2.24) is 0 Å². The molecule has 0 aliphatic heterocycles. The largest absolute Gasteiger partial charge is 0.378 e. The third-order valence-electron chi connectivity index (χ3n) is 2.14. The van der Waals surface area contributed by atoms with Crippen molar-refractivity contribution in [3.8, 4) is 0 Å². The first-order valence-electron chi connectivity index (χ1n) is 6.40. The Hall–Kier alpha value is -1.31. The average Bonchev–Trinajstić information content (AvgIpc) is 2.30. The lowest BCUT2D eigenvalue weighted by molar-refractivity contribution is -0.115. The maximum atomic E-state index is 10.8. The fraction of sp³-hybridized carbons (Fsp3) is 0.533. The topological polar surface area (TPSA) is 29.1 Å². The number of nitrogens with one attached hydrogen (secondary N) is 1. The van der Waals surface area contributed by atoms with Crippen LogP contribution in [0.3, 0.4) is 0 Å². The van der Waals surface area contributed by atoms with Gasteiger partial charge < -0.3 is 5.32 Å². The van der Waals surface area contributed by atoms with Gasteiger partial charge in [0.1, 0.15) is 5.78 Å². The second-order valence-corrected chi connectivity index (χ2v) is 4.35. The molecule has 0 amide bonds. The van der Waals surface area contributed by atoms with Crippen LogP contribution in [0.5, 0.6) is 0 Å². The Kier molecular flexibility index (Phi) is 8.12. The van der Waals surface area contributed by atoms with Crippen LogP contribution >= 0.6 is 0 Å². The number of rotatable bonds is 5. The molecule has 0 aliphatic carbocycles. The first-order chi connectivity index (χ1) is 8.08. The van der Waals surface area contributed by atoms with Gasteiger partial charge in [0, 0.05) is 5.69 Å². The molecule has 1 N–H and O–H groups in total. The highest BCUT2D eigenvalue weighted by Gasteiger charge is 1.98. The summed E-state index contributed by atoms with van der Waals surface area (Å²) in [4.78, 5) is 10.8. The molecule has 0 aliphatic rings. The van der Waals surface area contributed by atoms with Crippen molar-refractivity contribution >= 4 is 11.5 Å². The van der Waals surface area contributed by atoms with Crippen LogP contribution < -0.4 is 5.32 Å². The van der Waals surface area contributed by atoms with Crippen molar-refractivity contribution in [2.75, 3.05) is 11.9 Å². The Morgan fingerprint density at radius 1 is 1.18 bits per heavy atom. The van der Waals surface area contributed by atoms with Crippen molar-refractivity contribution in [2.45, 2.75) is 41.0 Å². The van der Waals surface area contributed by atoms with Gasteiger partial charge in [-0.2, -0.15) is 0 Å². The van der Waals surface area contributed by atoms with Gasteiger partial charge in [0.25, 0.3) is 0 Å². The lowest BCUT2D eigenvalue weighted by atomic mass is 10.0. The van der Waals surface area contributed by atoms with Crippen LogP contribution in [0.25, 0.3) is 0 Å². The minimum absolute atomic E-state index is 0.154. The Morgan fingerprint density at radius 3 is 2.12 bits per heavy atom. The fourth-order valence-electron chi connectivity index (χ4n) is 1.46. The first kappa shape index (κ1) is 15.7. The van der Waals surface area contributed by atoms with Crippen molar-refractivity contribution < 1.29 is 4.79 Å². The smallest absolute Gasteiger partial charge is 0.148 e. The molecule has 0 radical (unpaired) electrons. The number of hydrogen-bond donors (Lipinski definition) is 1. The van der Waals surface area contributed by atoms with E-state index in [2.05, 4.69) is 31.3 Å². The Balaban J connectivity index is 0.00000121. The minimum Gasteiger partial charge on any atom is -0.378 e. The lowest BCUT2D eigenvalue weighted by Gasteiger charge is -2.07. The Bertz CT molecular complexity index is 314. The average molecular weight is 235 g/mol. The highest BCUT2D eigenvalue weighted by Crippen LogP contribution is 2.12. The number of hydrogen-bond acceptors (Lipinski definition) is 2. The second kappa shape index (κ2) is 8.80. The van der Waals surface area contributed by atoms with Crippen LogP contribution in [0.2, 0.25) is 0 Å². The van der Waals surface area contributed by atoms with Gasteiger partial charge in [0.15, 0.2) is 0 Å². The minimum atomic E-state index is 0.154. The molecule has 2 heteroatoms. The number of benzene rings is 1. The third kappa shape index (κ3) is 7.56. The Morgan fingerprint density at radius 2 is 1.71 bits per heavy atom. The molecule has 2 nitrogen and oxygen atoms in total. The van der Waals surface area contributed by atoms with Crippen molar-refractivity contribution in [3.63, 3.8) is 0 Å². The summed E-state index contributed by atoms with van der Waals surface area (Å²) in [6.45, 7) is 10.4. The van der Waals surface area contributed by atoms with Gasteiger partial charge in [0.05, 0.1) is 6.54 Å². The zero-order valence-corrected chi connectivity index (χ0v) is 11.7. The zero-order chi connectivity index (χ0) is 13.3. The zero-order valence-electron chi connectivity index (χ0n) is 11.7. The van der Waals surface area contributed by atoms with E-state index in [1.54, 1.807) is 6.92 Å². The number of carbonyl (C=O) groups excluding carboxylic acids is 1. The van der Waals surface area contributed by atoms with E-state index in [1.165, 1.54) is 5.56 Å². The predicted octanol–water partition coefficient (Wildman–Crippen LogP) is 3.91. The monoisotopic (exact) mass is 235 g/mol. The second-order valence-electron chi connectivity index (χ2n) is 4.35. The molecule has 0 aromatic heterocycles. The van der Waals surface area contributed by atoms with Crippen LogP contribution in [0.1, 0.15) is 40.2 Å². The third-order valence-corrected chi connectivity index (χ3v) is 2.14. The number of ketones is 1. The maximum absolute atomic E-state index is 10.8. The molecule has 0 saturated heterocycles. The maximum Gasteiger partial charge on any atom is 0.148 e. The molecule has 96 valence electrons.